The van der Waals surface area contributed by atoms with Gasteiger partial charge in [-0.25, -0.2) is 0 Å². The summed E-state index contributed by atoms with van der Waals surface area (Å²) in [5.74, 6) is -0.769. The van der Waals surface area contributed by atoms with Crippen LogP contribution in [0.3, 0.4) is 0 Å². The summed E-state index contributed by atoms with van der Waals surface area (Å²) in [6, 6.07) is 13.6. The van der Waals surface area contributed by atoms with Gasteiger partial charge < -0.3 is 16.0 Å². The van der Waals surface area contributed by atoms with E-state index in [1.807, 2.05) is 6.92 Å². The largest absolute Gasteiger partial charge is 0.352 e. The van der Waals surface area contributed by atoms with Crippen LogP contribution in [-0.2, 0) is 9.59 Å². The van der Waals surface area contributed by atoms with Gasteiger partial charge >= 0.3 is 0 Å². The van der Waals surface area contributed by atoms with E-state index in [4.69, 9.17) is 11.6 Å². The van der Waals surface area contributed by atoms with Crippen molar-refractivity contribution in [1.29, 1.82) is 0 Å². The van der Waals surface area contributed by atoms with Gasteiger partial charge in [0, 0.05) is 17.8 Å². The molecule has 0 unspecified atom stereocenters. The molecular weight excluding hydrogens is 380 g/mol. The Balaban J connectivity index is 1.85. The second-order valence-electron chi connectivity index (χ2n) is 6.19. The zero-order chi connectivity index (χ0) is 20.5. The van der Waals surface area contributed by atoms with E-state index in [2.05, 4.69) is 16.0 Å². The van der Waals surface area contributed by atoms with Gasteiger partial charge in [-0.1, -0.05) is 29.8 Å². The number of para-hydroxylation sites is 1. The summed E-state index contributed by atoms with van der Waals surface area (Å²) in [4.78, 5) is 37.8. The van der Waals surface area contributed by atoms with Crippen molar-refractivity contribution in [2.75, 3.05) is 37.3 Å². The van der Waals surface area contributed by atoms with E-state index in [-0.39, 0.29) is 30.8 Å². The molecule has 0 radical (unpaired) electrons. The molecule has 0 aliphatic carbocycles. The number of rotatable bonds is 8. The van der Waals surface area contributed by atoms with Crippen LogP contribution in [0.2, 0.25) is 5.02 Å². The molecule has 2 aromatic carbocycles. The van der Waals surface area contributed by atoms with E-state index in [1.165, 1.54) is 0 Å². The average molecular weight is 403 g/mol. The maximum Gasteiger partial charge on any atom is 0.251 e. The summed E-state index contributed by atoms with van der Waals surface area (Å²) in [6.07, 6.45) is 0. The monoisotopic (exact) mass is 402 g/mol. The summed E-state index contributed by atoms with van der Waals surface area (Å²) >= 11 is 6.01. The Bertz CT molecular complexity index is 857. The van der Waals surface area contributed by atoms with Gasteiger partial charge in [0.15, 0.2) is 0 Å². The smallest absolute Gasteiger partial charge is 0.251 e. The highest BCUT2D eigenvalue weighted by atomic mass is 35.5. The van der Waals surface area contributed by atoms with Gasteiger partial charge in [0.05, 0.1) is 23.8 Å². The predicted octanol–water partition coefficient (Wildman–Crippen LogP) is 2.60. The zero-order valence-electron chi connectivity index (χ0n) is 15.8. The number of nitrogens with zero attached hydrogens (tertiary/aromatic N) is 1. The van der Waals surface area contributed by atoms with Gasteiger partial charge in [0.2, 0.25) is 11.8 Å². The predicted molar refractivity (Wildman–Crippen MR) is 111 cm³/mol. The van der Waals surface area contributed by atoms with Crippen molar-refractivity contribution < 1.29 is 14.4 Å². The number of anilines is 2. The van der Waals surface area contributed by atoms with Crippen LogP contribution in [0.1, 0.15) is 17.3 Å². The van der Waals surface area contributed by atoms with E-state index >= 15 is 0 Å². The molecule has 7 nitrogen and oxygen atoms in total. The molecule has 0 bridgehead atoms. The van der Waals surface area contributed by atoms with Crippen molar-refractivity contribution in [2.24, 2.45) is 0 Å². The van der Waals surface area contributed by atoms with Crippen LogP contribution in [0.5, 0.6) is 0 Å². The van der Waals surface area contributed by atoms with Crippen molar-refractivity contribution in [2.45, 2.75) is 6.92 Å². The van der Waals surface area contributed by atoms with Gasteiger partial charge in [-0.2, -0.15) is 0 Å². The van der Waals surface area contributed by atoms with E-state index in [9.17, 15) is 14.4 Å². The zero-order valence-corrected chi connectivity index (χ0v) is 16.5. The molecule has 28 heavy (non-hydrogen) atoms. The van der Waals surface area contributed by atoms with Crippen LogP contribution in [0, 0.1) is 0 Å². The Morgan fingerprint density at radius 3 is 2.32 bits per heavy atom. The number of hydrogen-bond acceptors (Lipinski definition) is 4. The Kier molecular flexibility index (Phi) is 7.98. The molecule has 0 atom stereocenters. The van der Waals surface area contributed by atoms with Gasteiger partial charge in [-0.15, -0.1) is 0 Å². The fourth-order valence-electron chi connectivity index (χ4n) is 2.50. The highest BCUT2D eigenvalue weighted by molar-refractivity contribution is 6.33. The quantitative estimate of drug-likeness (QED) is 0.633. The molecule has 0 aliphatic heterocycles. The lowest BCUT2D eigenvalue weighted by Crippen LogP contribution is -2.36. The Labute approximate surface area is 169 Å². The van der Waals surface area contributed by atoms with Gasteiger partial charge in [0.25, 0.3) is 5.91 Å². The molecule has 0 saturated carbocycles. The Hall–Kier alpha value is -2.90. The number of halogens is 1. The summed E-state index contributed by atoms with van der Waals surface area (Å²) in [5.41, 5.74) is 1.50. The number of carbonyl (C=O) groups is 3. The van der Waals surface area contributed by atoms with Crippen molar-refractivity contribution in [1.82, 2.24) is 10.2 Å². The van der Waals surface area contributed by atoms with Crippen molar-refractivity contribution in [3.63, 3.8) is 0 Å². The number of likely N-dealkylation sites (N-methyl/N-ethyl adjacent to an activating group) is 1. The average Bonchev–Trinajstić information content (AvgIpc) is 2.63. The van der Waals surface area contributed by atoms with Crippen LogP contribution in [-0.4, -0.2) is 49.3 Å². The fourth-order valence-corrected chi connectivity index (χ4v) is 2.68. The summed E-state index contributed by atoms with van der Waals surface area (Å²) in [6.45, 7) is 2.40. The summed E-state index contributed by atoms with van der Waals surface area (Å²) in [5, 5.41) is 8.59. The highest BCUT2D eigenvalue weighted by Gasteiger charge is 2.13. The number of amides is 3. The van der Waals surface area contributed by atoms with E-state index < -0.39 is 0 Å². The lowest BCUT2D eigenvalue weighted by molar-refractivity contribution is -0.119. The summed E-state index contributed by atoms with van der Waals surface area (Å²) in [7, 11) is 1.66. The molecule has 8 heteroatoms. The lowest BCUT2D eigenvalue weighted by atomic mass is 10.2. The standard InChI is InChI=1S/C20H23ClN4O3/c1-3-22-20(28)14-7-6-8-15(11-14)23-18(26)12-25(2)13-19(27)24-17-10-5-4-9-16(17)21/h4-11H,3,12-13H2,1-2H3,(H,22,28)(H,23,26)(H,24,27). The first-order valence-electron chi connectivity index (χ1n) is 8.80. The fraction of sp³-hybridized carbons (Fsp3) is 0.250. The van der Waals surface area contributed by atoms with E-state index in [0.29, 0.717) is 28.5 Å². The molecule has 0 aliphatic rings. The topological polar surface area (TPSA) is 90.5 Å². The second kappa shape index (κ2) is 10.4. The molecule has 148 valence electrons. The third kappa shape index (κ3) is 6.68. The van der Waals surface area contributed by atoms with Crippen LogP contribution in [0.4, 0.5) is 11.4 Å². The Morgan fingerprint density at radius 2 is 1.64 bits per heavy atom. The number of hydrogen-bond donors (Lipinski definition) is 3. The maximum absolute atomic E-state index is 12.2. The summed E-state index contributed by atoms with van der Waals surface area (Å²) < 4.78 is 0. The van der Waals surface area contributed by atoms with Gasteiger partial charge in [-0.05, 0) is 44.3 Å². The van der Waals surface area contributed by atoms with Crippen LogP contribution < -0.4 is 16.0 Å². The Morgan fingerprint density at radius 1 is 0.964 bits per heavy atom. The van der Waals surface area contributed by atoms with E-state index in [1.54, 1.807) is 60.5 Å². The lowest BCUT2D eigenvalue weighted by Gasteiger charge is -2.16. The third-order valence-electron chi connectivity index (χ3n) is 3.72. The maximum atomic E-state index is 12.2. The van der Waals surface area contributed by atoms with E-state index in [0.717, 1.165) is 0 Å². The van der Waals surface area contributed by atoms with Crippen LogP contribution >= 0.6 is 11.6 Å². The van der Waals surface area contributed by atoms with Gasteiger partial charge in [-0.3, -0.25) is 19.3 Å². The first-order valence-corrected chi connectivity index (χ1v) is 9.18. The minimum Gasteiger partial charge on any atom is -0.352 e. The van der Waals surface area contributed by atoms with Crippen molar-refractivity contribution >= 4 is 40.7 Å². The molecular formula is C20H23ClN4O3. The molecule has 0 heterocycles. The molecule has 0 saturated heterocycles. The molecule has 0 spiro atoms. The number of nitrogens with one attached hydrogen (secondary N) is 3. The number of benzene rings is 2. The molecule has 0 fully saturated rings. The second-order valence-corrected chi connectivity index (χ2v) is 6.60. The van der Waals surface area contributed by atoms with Crippen LogP contribution in [0.15, 0.2) is 48.5 Å². The van der Waals surface area contributed by atoms with Gasteiger partial charge in [0.1, 0.15) is 0 Å². The third-order valence-corrected chi connectivity index (χ3v) is 4.05. The number of carbonyl (C=O) groups excluding carboxylic acids is 3. The SMILES string of the molecule is CCNC(=O)c1cccc(NC(=O)CN(C)CC(=O)Nc2ccccc2Cl)c1. The first-order chi connectivity index (χ1) is 13.4. The van der Waals surface area contributed by atoms with Crippen molar-refractivity contribution in [3.05, 3.63) is 59.1 Å². The molecule has 3 amide bonds. The molecule has 2 aromatic rings. The molecule has 0 aromatic heterocycles. The first kappa shape index (κ1) is 21.4. The van der Waals surface area contributed by atoms with Crippen molar-refractivity contribution in [3.8, 4) is 0 Å². The van der Waals surface area contributed by atoms with Crippen LogP contribution in [0.25, 0.3) is 0 Å². The normalized spacial score (nSPS) is 10.4. The minimum atomic E-state index is -0.291. The molecule has 2 rings (SSSR count). The highest BCUT2D eigenvalue weighted by Crippen LogP contribution is 2.20. The molecule has 3 N–H and O–H groups in total. The minimum absolute atomic E-state index is 0.0152.